The summed E-state index contributed by atoms with van der Waals surface area (Å²) in [6.45, 7) is 9.28. The number of amides is 3. The van der Waals surface area contributed by atoms with Crippen molar-refractivity contribution in [3.8, 4) is 0 Å². The van der Waals surface area contributed by atoms with Gasteiger partial charge in [-0.05, 0) is 52.0 Å². The molecule has 1 atom stereocenters. The van der Waals surface area contributed by atoms with Crippen molar-refractivity contribution >= 4 is 29.6 Å². The van der Waals surface area contributed by atoms with Crippen molar-refractivity contribution < 1.29 is 28.7 Å². The molecule has 2 heterocycles. The number of hydrogen-bond acceptors (Lipinski definition) is 7. The molecule has 0 radical (unpaired) electrons. The van der Waals surface area contributed by atoms with Crippen molar-refractivity contribution in [1.29, 1.82) is 0 Å². The number of rotatable bonds is 4. The topological polar surface area (TPSA) is 96.5 Å². The second-order valence-electron chi connectivity index (χ2n) is 8.56. The minimum atomic E-state index is -0.564. The number of piperazine rings is 1. The molecule has 2 fully saturated rings. The van der Waals surface area contributed by atoms with Crippen molar-refractivity contribution in [3.63, 3.8) is 0 Å². The molecule has 1 aromatic rings. The maximum Gasteiger partial charge on any atom is 0.410 e. The normalized spacial score (nSPS) is 20.2. The molecule has 31 heavy (non-hydrogen) atoms. The van der Waals surface area contributed by atoms with Gasteiger partial charge in [0.15, 0.2) is 0 Å². The van der Waals surface area contributed by atoms with Crippen LogP contribution in [0.5, 0.6) is 0 Å². The molecule has 168 valence electrons. The first kappa shape index (κ1) is 22.7. The molecule has 0 unspecified atom stereocenters. The summed E-state index contributed by atoms with van der Waals surface area (Å²) in [5.41, 5.74) is 0.225. The summed E-state index contributed by atoms with van der Waals surface area (Å²) in [4.78, 5) is 54.4. The van der Waals surface area contributed by atoms with Gasteiger partial charge in [-0.3, -0.25) is 14.5 Å². The highest BCUT2D eigenvalue weighted by molar-refractivity contribution is 6.22. The molecule has 0 spiro atoms. The number of anilines is 1. The van der Waals surface area contributed by atoms with E-state index in [4.69, 9.17) is 9.47 Å². The van der Waals surface area contributed by atoms with E-state index in [0.29, 0.717) is 37.4 Å². The van der Waals surface area contributed by atoms with Crippen LogP contribution in [0.25, 0.3) is 0 Å². The van der Waals surface area contributed by atoms with Crippen molar-refractivity contribution in [1.82, 2.24) is 9.80 Å². The van der Waals surface area contributed by atoms with Crippen molar-refractivity contribution in [2.45, 2.75) is 45.8 Å². The summed E-state index contributed by atoms with van der Waals surface area (Å²) >= 11 is 0. The van der Waals surface area contributed by atoms with Gasteiger partial charge in [0.25, 0.3) is 5.91 Å². The Kier molecular flexibility index (Phi) is 6.64. The quantitative estimate of drug-likeness (QED) is 0.532. The number of carbonyl (C=O) groups is 4. The molecule has 9 heteroatoms. The molecule has 3 rings (SSSR count). The predicted octanol–water partition coefficient (Wildman–Crippen LogP) is 2.05. The standard InChI is InChI=1S/C22H29N3O6/c1-5-30-20(28)15-6-8-16(9-7-15)25-18(26)14-17(19(25)27)23-10-12-24(13-11-23)21(29)31-22(2,3)4/h6-9,17H,5,10-14H2,1-4H3/t17-/m1/s1. The van der Waals surface area contributed by atoms with Crippen LogP contribution in [0.15, 0.2) is 24.3 Å². The van der Waals surface area contributed by atoms with Crippen LogP contribution in [0, 0.1) is 0 Å². The van der Waals surface area contributed by atoms with Crippen LogP contribution < -0.4 is 4.90 Å². The average Bonchev–Trinajstić information content (AvgIpc) is 3.01. The highest BCUT2D eigenvalue weighted by Crippen LogP contribution is 2.27. The predicted molar refractivity (Wildman–Crippen MR) is 113 cm³/mol. The number of esters is 1. The fraction of sp³-hybridized carbons (Fsp3) is 0.545. The minimum absolute atomic E-state index is 0.0882. The first-order valence-corrected chi connectivity index (χ1v) is 10.5. The monoisotopic (exact) mass is 431 g/mol. The highest BCUT2D eigenvalue weighted by atomic mass is 16.6. The first-order chi connectivity index (χ1) is 14.6. The Morgan fingerprint density at radius 3 is 2.19 bits per heavy atom. The molecule has 9 nitrogen and oxygen atoms in total. The van der Waals surface area contributed by atoms with E-state index in [1.165, 1.54) is 4.90 Å². The van der Waals surface area contributed by atoms with Crippen LogP contribution in [0.1, 0.15) is 44.5 Å². The summed E-state index contributed by atoms with van der Waals surface area (Å²) in [5.74, 6) is -1.03. The minimum Gasteiger partial charge on any atom is -0.462 e. The number of benzene rings is 1. The lowest BCUT2D eigenvalue weighted by molar-refractivity contribution is -0.123. The third-order valence-corrected chi connectivity index (χ3v) is 5.17. The van der Waals surface area contributed by atoms with E-state index in [1.807, 2.05) is 25.7 Å². The molecule has 3 amide bonds. The molecule has 1 aromatic carbocycles. The molecule has 0 saturated carbocycles. The largest absolute Gasteiger partial charge is 0.462 e. The number of ether oxygens (including phenoxy) is 2. The summed E-state index contributed by atoms with van der Waals surface area (Å²) < 4.78 is 10.4. The van der Waals surface area contributed by atoms with E-state index >= 15 is 0 Å². The van der Waals surface area contributed by atoms with Gasteiger partial charge in [0.2, 0.25) is 5.91 Å². The molecule has 2 aliphatic heterocycles. The summed E-state index contributed by atoms with van der Waals surface area (Å²) in [6.07, 6.45) is -0.283. The number of nitrogens with zero attached hydrogens (tertiary/aromatic N) is 3. The van der Waals surface area contributed by atoms with E-state index < -0.39 is 17.6 Å². The zero-order chi connectivity index (χ0) is 22.8. The lowest BCUT2D eigenvalue weighted by Gasteiger charge is -2.37. The van der Waals surface area contributed by atoms with Gasteiger partial charge in [0, 0.05) is 26.2 Å². The zero-order valence-corrected chi connectivity index (χ0v) is 18.4. The van der Waals surface area contributed by atoms with Crippen LogP contribution in [-0.2, 0) is 19.1 Å². The highest BCUT2D eigenvalue weighted by Gasteiger charge is 2.43. The molecule has 0 aromatic heterocycles. The van der Waals surface area contributed by atoms with Crippen molar-refractivity contribution in [3.05, 3.63) is 29.8 Å². The van der Waals surface area contributed by atoms with Gasteiger partial charge in [-0.1, -0.05) is 0 Å². The fourth-order valence-electron chi connectivity index (χ4n) is 3.68. The maximum absolute atomic E-state index is 13.0. The van der Waals surface area contributed by atoms with Gasteiger partial charge in [-0.25, -0.2) is 14.5 Å². The van der Waals surface area contributed by atoms with E-state index in [0.717, 1.165) is 0 Å². The second-order valence-corrected chi connectivity index (χ2v) is 8.56. The Labute approximate surface area is 181 Å². The molecular weight excluding hydrogens is 402 g/mol. The maximum atomic E-state index is 13.0. The van der Waals surface area contributed by atoms with Gasteiger partial charge < -0.3 is 14.4 Å². The number of hydrogen-bond donors (Lipinski definition) is 0. The van der Waals surface area contributed by atoms with Crippen molar-refractivity contribution in [2.75, 3.05) is 37.7 Å². The molecule has 0 aliphatic carbocycles. The van der Waals surface area contributed by atoms with E-state index in [9.17, 15) is 19.2 Å². The molecule has 0 N–H and O–H groups in total. The zero-order valence-electron chi connectivity index (χ0n) is 18.4. The smallest absolute Gasteiger partial charge is 0.410 e. The Bertz CT molecular complexity index is 853. The molecule has 0 bridgehead atoms. The summed E-state index contributed by atoms with van der Waals surface area (Å²) in [5, 5.41) is 0. The van der Waals surface area contributed by atoms with Crippen LogP contribution in [0.3, 0.4) is 0 Å². The number of carbonyl (C=O) groups excluding carboxylic acids is 4. The van der Waals surface area contributed by atoms with Crippen molar-refractivity contribution in [2.24, 2.45) is 0 Å². The third-order valence-electron chi connectivity index (χ3n) is 5.17. The van der Waals surface area contributed by atoms with Gasteiger partial charge >= 0.3 is 12.1 Å². The number of imide groups is 1. The molecule has 2 aliphatic rings. The Balaban J connectivity index is 1.62. The lowest BCUT2D eigenvalue weighted by atomic mass is 10.1. The summed E-state index contributed by atoms with van der Waals surface area (Å²) in [6, 6.07) is 5.68. The van der Waals surface area contributed by atoms with E-state index in [-0.39, 0.29) is 30.9 Å². The van der Waals surface area contributed by atoms with E-state index in [1.54, 1.807) is 36.1 Å². The second kappa shape index (κ2) is 9.05. The Hall–Kier alpha value is -2.94. The van der Waals surface area contributed by atoms with Gasteiger partial charge in [-0.2, -0.15) is 0 Å². The summed E-state index contributed by atoms with van der Waals surface area (Å²) in [7, 11) is 0. The molecule has 2 saturated heterocycles. The Morgan fingerprint density at radius 1 is 1.03 bits per heavy atom. The third kappa shape index (κ3) is 5.22. The van der Waals surface area contributed by atoms with E-state index in [2.05, 4.69) is 0 Å². The molecular formula is C22H29N3O6. The fourth-order valence-corrected chi connectivity index (χ4v) is 3.68. The van der Waals surface area contributed by atoms with Gasteiger partial charge in [-0.15, -0.1) is 0 Å². The SMILES string of the molecule is CCOC(=O)c1ccc(N2C(=O)C[C@@H](N3CCN(C(=O)OC(C)(C)C)CC3)C2=O)cc1. The van der Waals surface area contributed by atoms with Gasteiger partial charge in [0.05, 0.1) is 30.3 Å². The lowest BCUT2D eigenvalue weighted by Crippen LogP contribution is -2.54. The van der Waals surface area contributed by atoms with Crippen LogP contribution in [0.4, 0.5) is 10.5 Å². The van der Waals surface area contributed by atoms with Gasteiger partial charge in [0.1, 0.15) is 5.60 Å². The van der Waals surface area contributed by atoms with Crippen LogP contribution >= 0.6 is 0 Å². The van der Waals surface area contributed by atoms with Crippen LogP contribution in [-0.4, -0.2) is 78.1 Å². The Morgan fingerprint density at radius 2 is 1.65 bits per heavy atom. The van der Waals surface area contributed by atoms with Crippen LogP contribution in [0.2, 0.25) is 0 Å². The average molecular weight is 431 g/mol. The first-order valence-electron chi connectivity index (χ1n) is 10.5.